The van der Waals surface area contributed by atoms with E-state index in [-0.39, 0.29) is 42.8 Å². The van der Waals surface area contributed by atoms with Gasteiger partial charge in [0.25, 0.3) is 0 Å². The van der Waals surface area contributed by atoms with E-state index in [1.54, 1.807) is 6.92 Å². The molecule has 1 aliphatic rings. The lowest BCUT2D eigenvalue weighted by molar-refractivity contribution is -0.131. The van der Waals surface area contributed by atoms with Crippen molar-refractivity contribution in [3.63, 3.8) is 0 Å². The monoisotopic (exact) mass is 324 g/mol. The van der Waals surface area contributed by atoms with Gasteiger partial charge < -0.3 is 10.2 Å². The molecular formula is C17H22F2N2O2. The molecular weight excluding hydrogens is 302 g/mol. The lowest BCUT2D eigenvalue weighted by Gasteiger charge is -2.21. The van der Waals surface area contributed by atoms with Crippen LogP contribution in [0.1, 0.15) is 32.3 Å². The Morgan fingerprint density at radius 1 is 1.30 bits per heavy atom. The van der Waals surface area contributed by atoms with E-state index in [0.717, 1.165) is 6.42 Å². The van der Waals surface area contributed by atoms with Crippen LogP contribution in [0.2, 0.25) is 0 Å². The zero-order chi connectivity index (χ0) is 17.0. The van der Waals surface area contributed by atoms with E-state index in [1.165, 1.54) is 23.1 Å². The Bertz CT molecular complexity index is 572. The number of halogens is 2. The summed E-state index contributed by atoms with van der Waals surface area (Å²) < 4.78 is 27.3. The second kappa shape index (κ2) is 7.53. The maximum atomic E-state index is 13.7. The second-order valence-electron chi connectivity index (χ2n) is 5.97. The van der Waals surface area contributed by atoms with Crippen LogP contribution in [-0.2, 0) is 16.1 Å². The fourth-order valence-corrected chi connectivity index (χ4v) is 2.52. The van der Waals surface area contributed by atoms with E-state index in [4.69, 9.17) is 0 Å². The number of rotatable bonds is 7. The number of hydrogen-bond acceptors (Lipinski definition) is 2. The maximum Gasteiger partial charge on any atom is 0.224 e. The number of carbonyl (C=O) groups excluding carboxylic acids is 2. The van der Waals surface area contributed by atoms with E-state index in [0.29, 0.717) is 12.5 Å². The molecule has 1 aliphatic carbocycles. The van der Waals surface area contributed by atoms with Crippen molar-refractivity contribution in [3.8, 4) is 0 Å². The highest BCUT2D eigenvalue weighted by atomic mass is 19.1. The first-order valence-corrected chi connectivity index (χ1v) is 7.92. The molecule has 0 saturated heterocycles. The molecule has 2 atom stereocenters. The molecule has 0 aromatic heterocycles. The minimum Gasteiger partial charge on any atom is -0.355 e. The molecule has 1 N–H and O–H groups in total. The van der Waals surface area contributed by atoms with Crippen molar-refractivity contribution in [2.45, 2.75) is 33.2 Å². The highest BCUT2D eigenvalue weighted by molar-refractivity contribution is 5.82. The number of nitrogens with zero attached hydrogens (tertiary/aromatic N) is 1. The Labute approximate surface area is 134 Å². The Morgan fingerprint density at radius 2 is 1.91 bits per heavy atom. The third-order valence-electron chi connectivity index (χ3n) is 4.23. The molecule has 1 saturated carbocycles. The fraction of sp³-hybridized carbons (Fsp3) is 0.529. The third kappa shape index (κ3) is 4.50. The molecule has 1 aromatic rings. The Kier molecular flexibility index (Phi) is 5.69. The first-order valence-electron chi connectivity index (χ1n) is 7.92. The SMILES string of the molecule is CCN(Cc1c(F)cccc1F)C(=O)CCNC(=O)[C@@H]1C[C@@H]1C. The van der Waals surface area contributed by atoms with Gasteiger partial charge in [0.1, 0.15) is 11.6 Å². The van der Waals surface area contributed by atoms with Gasteiger partial charge in [-0.25, -0.2) is 8.78 Å². The Balaban J connectivity index is 1.85. The van der Waals surface area contributed by atoms with E-state index in [9.17, 15) is 18.4 Å². The van der Waals surface area contributed by atoms with Crippen LogP contribution >= 0.6 is 0 Å². The minimum absolute atomic E-state index is 0.0199. The molecule has 126 valence electrons. The molecule has 0 aliphatic heterocycles. The van der Waals surface area contributed by atoms with E-state index in [2.05, 4.69) is 5.32 Å². The van der Waals surface area contributed by atoms with Gasteiger partial charge in [0.15, 0.2) is 0 Å². The molecule has 0 heterocycles. The number of carbonyl (C=O) groups is 2. The van der Waals surface area contributed by atoms with E-state index < -0.39 is 11.6 Å². The highest BCUT2D eigenvalue weighted by Gasteiger charge is 2.38. The van der Waals surface area contributed by atoms with E-state index >= 15 is 0 Å². The maximum absolute atomic E-state index is 13.7. The van der Waals surface area contributed by atoms with Crippen molar-refractivity contribution in [1.29, 1.82) is 0 Å². The van der Waals surface area contributed by atoms with Crippen molar-refractivity contribution >= 4 is 11.8 Å². The van der Waals surface area contributed by atoms with Crippen LogP contribution in [0.3, 0.4) is 0 Å². The lowest BCUT2D eigenvalue weighted by atomic mass is 10.1. The minimum atomic E-state index is -0.660. The van der Waals surface area contributed by atoms with Gasteiger partial charge in [-0.05, 0) is 31.4 Å². The van der Waals surface area contributed by atoms with Crippen molar-refractivity contribution < 1.29 is 18.4 Å². The topological polar surface area (TPSA) is 49.4 Å². The molecule has 0 bridgehead atoms. The van der Waals surface area contributed by atoms with Crippen LogP contribution in [0.5, 0.6) is 0 Å². The average molecular weight is 324 g/mol. The summed E-state index contributed by atoms with van der Waals surface area (Å²) in [6.07, 6.45) is 1.02. The quantitative estimate of drug-likeness (QED) is 0.838. The third-order valence-corrected chi connectivity index (χ3v) is 4.23. The van der Waals surface area contributed by atoms with Gasteiger partial charge in [0.2, 0.25) is 11.8 Å². The molecule has 0 radical (unpaired) electrons. The summed E-state index contributed by atoms with van der Waals surface area (Å²) in [5.41, 5.74) is -0.112. The molecule has 4 nitrogen and oxygen atoms in total. The van der Waals surface area contributed by atoms with Crippen molar-refractivity contribution in [2.24, 2.45) is 11.8 Å². The standard InChI is InChI=1S/C17H22F2N2O2/c1-3-21(10-13-14(18)5-4-6-15(13)19)16(22)7-8-20-17(23)12-9-11(12)2/h4-6,11-12H,3,7-10H2,1-2H3,(H,20,23)/t11-,12+/m0/s1. The first-order chi connectivity index (χ1) is 10.9. The zero-order valence-corrected chi connectivity index (χ0v) is 13.4. The number of benzene rings is 1. The van der Waals surface area contributed by atoms with Crippen LogP contribution in [0.25, 0.3) is 0 Å². The molecule has 1 fully saturated rings. The molecule has 1 aromatic carbocycles. The van der Waals surface area contributed by atoms with Gasteiger partial charge in [0, 0.05) is 31.0 Å². The highest BCUT2D eigenvalue weighted by Crippen LogP contribution is 2.37. The summed E-state index contributed by atoms with van der Waals surface area (Å²) >= 11 is 0. The fourth-order valence-electron chi connectivity index (χ4n) is 2.52. The van der Waals surface area contributed by atoms with Crippen LogP contribution in [-0.4, -0.2) is 29.8 Å². The molecule has 0 unspecified atom stereocenters. The van der Waals surface area contributed by atoms with Crippen LogP contribution in [0.4, 0.5) is 8.78 Å². The van der Waals surface area contributed by atoms with E-state index in [1.807, 2.05) is 6.92 Å². The van der Waals surface area contributed by atoms with Gasteiger partial charge >= 0.3 is 0 Å². The number of nitrogens with one attached hydrogen (secondary N) is 1. The average Bonchev–Trinajstić information content (AvgIpc) is 3.24. The largest absolute Gasteiger partial charge is 0.355 e. The smallest absolute Gasteiger partial charge is 0.224 e. The second-order valence-corrected chi connectivity index (χ2v) is 5.97. The predicted octanol–water partition coefficient (Wildman–Crippen LogP) is 2.48. The Morgan fingerprint density at radius 3 is 2.43 bits per heavy atom. The van der Waals surface area contributed by atoms with Crippen molar-refractivity contribution in [2.75, 3.05) is 13.1 Å². The number of amides is 2. The molecule has 23 heavy (non-hydrogen) atoms. The van der Waals surface area contributed by atoms with Crippen molar-refractivity contribution in [1.82, 2.24) is 10.2 Å². The first kappa shape index (κ1) is 17.4. The molecule has 2 rings (SSSR count). The molecule has 2 amide bonds. The summed E-state index contributed by atoms with van der Waals surface area (Å²) in [6.45, 7) is 4.25. The molecule has 6 heteroatoms. The zero-order valence-electron chi connectivity index (χ0n) is 13.4. The van der Waals surface area contributed by atoms with Crippen LogP contribution in [0, 0.1) is 23.5 Å². The van der Waals surface area contributed by atoms with Crippen molar-refractivity contribution in [3.05, 3.63) is 35.4 Å². The van der Waals surface area contributed by atoms with Gasteiger partial charge in [-0.15, -0.1) is 0 Å². The Hall–Kier alpha value is -1.98. The predicted molar refractivity (Wildman–Crippen MR) is 82.3 cm³/mol. The van der Waals surface area contributed by atoms with Crippen LogP contribution in [0.15, 0.2) is 18.2 Å². The van der Waals surface area contributed by atoms with Crippen LogP contribution < -0.4 is 5.32 Å². The summed E-state index contributed by atoms with van der Waals surface area (Å²) in [7, 11) is 0. The van der Waals surface area contributed by atoms with Gasteiger partial charge in [0.05, 0.1) is 6.54 Å². The summed E-state index contributed by atoms with van der Waals surface area (Å²) in [5.74, 6) is -1.09. The van der Waals surface area contributed by atoms with Gasteiger partial charge in [-0.2, -0.15) is 0 Å². The molecule has 0 spiro atoms. The normalized spacial score (nSPS) is 19.3. The lowest BCUT2D eigenvalue weighted by Crippen LogP contribution is -2.35. The summed E-state index contributed by atoms with van der Waals surface area (Å²) in [6, 6.07) is 3.64. The van der Waals surface area contributed by atoms with Gasteiger partial charge in [-0.1, -0.05) is 13.0 Å². The van der Waals surface area contributed by atoms with Gasteiger partial charge in [-0.3, -0.25) is 9.59 Å². The summed E-state index contributed by atoms with van der Waals surface area (Å²) in [5, 5.41) is 2.74. The summed E-state index contributed by atoms with van der Waals surface area (Å²) in [4.78, 5) is 25.2. The number of hydrogen-bond donors (Lipinski definition) is 1.